The van der Waals surface area contributed by atoms with E-state index in [1.807, 2.05) is 13.8 Å². The second kappa shape index (κ2) is 8.68. The van der Waals surface area contributed by atoms with Gasteiger partial charge in [0.2, 0.25) is 0 Å². The minimum absolute atomic E-state index is 0.0174. The zero-order valence-corrected chi connectivity index (χ0v) is 15.8. The zero-order valence-electron chi connectivity index (χ0n) is 15.8. The molecule has 29 heavy (non-hydrogen) atoms. The summed E-state index contributed by atoms with van der Waals surface area (Å²) in [6, 6.07) is 5.71. The highest BCUT2D eigenvalue weighted by molar-refractivity contribution is 5.92. The van der Waals surface area contributed by atoms with E-state index in [0.29, 0.717) is 11.3 Å². The summed E-state index contributed by atoms with van der Waals surface area (Å²) >= 11 is 0. The Morgan fingerprint density at radius 3 is 2.59 bits per heavy atom. The SMILES string of the molecule is CC(C)[C@@H](Cn1nc(-c2ccc(F)c(F)c2)ccc1=O)NC(=O)c1cnccn1. The maximum atomic E-state index is 13.5. The third-order valence-electron chi connectivity index (χ3n) is 4.37. The standard InChI is InChI=1S/C20H19F2N5O2/c1-12(2)18(25-20(29)17-10-23-7-8-24-17)11-27-19(28)6-5-16(26-27)13-3-4-14(21)15(22)9-13/h3-10,12,18H,11H2,1-2H3,(H,25,29)/t18-/m1/s1. The van der Waals surface area contributed by atoms with Gasteiger partial charge in [0.15, 0.2) is 11.6 Å². The van der Waals surface area contributed by atoms with E-state index in [2.05, 4.69) is 20.4 Å². The number of carbonyl (C=O) groups is 1. The number of aromatic nitrogens is 4. The molecule has 3 aromatic rings. The first-order valence-corrected chi connectivity index (χ1v) is 8.95. The quantitative estimate of drug-likeness (QED) is 0.688. The van der Waals surface area contributed by atoms with Crippen molar-refractivity contribution in [3.8, 4) is 11.3 Å². The molecule has 9 heteroatoms. The molecule has 2 aromatic heterocycles. The summed E-state index contributed by atoms with van der Waals surface area (Å²) in [5.74, 6) is -2.40. The third kappa shape index (κ3) is 4.87. The Balaban J connectivity index is 1.85. The van der Waals surface area contributed by atoms with Crippen LogP contribution >= 0.6 is 0 Å². The van der Waals surface area contributed by atoms with E-state index < -0.39 is 23.6 Å². The molecule has 0 spiro atoms. The molecule has 0 aliphatic carbocycles. The molecule has 1 amide bonds. The lowest BCUT2D eigenvalue weighted by atomic mass is 10.0. The maximum Gasteiger partial charge on any atom is 0.271 e. The lowest BCUT2D eigenvalue weighted by molar-refractivity contribution is 0.0913. The summed E-state index contributed by atoms with van der Waals surface area (Å²) < 4.78 is 27.9. The predicted octanol–water partition coefficient (Wildman–Crippen LogP) is 2.43. The van der Waals surface area contributed by atoms with Gasteiger partial charge < -0.3 is 5.32 Å². The van der Waals surface area contributed by atoms with Gasteiger partial charge in [-0.15, -0.1) is 0 Å². The molecule has 1 atom stereocenters. The molecular formula is C20H19F2N5O2. The molecule has 0 bridgehead atoms. The van der Waals surface area contributed by atoms with E-state index in [1.54, 1.807) is 0 Å². The Bertz CT molecular complexity index is 1070. The zero-order chi connectivity index (χ0) is 21.0. The Kier molecular flexibility index (Phi) is 6.06. The average Bonchev–Trinajstić information content (AvgIpc) is 2.71. The summed E-state index contributed by atoms with van der Waals surface area (Å²) in [5.41, 5.74) is 0.429. The van der Waals surface area contributed by atoms with Crippen LogP contribution in [0.4, 0.5) is 8.78 Å². The van der Waals surface area contributed by atoms with Gasteiger partial charge >= 0.3 is 0 Å². The normalized spacial score (nSPS) is 12.0. The highest BCUT2D eigenvalue weighted by Crippen LogP contribution is 2.18. The summed E-state index contributed by atoms with van der Waals surface area (Å²) in [5, 5.41) is 7.08. The summed E-state index contributed by atoms with van der Waals surface area (Å²) in [6.45, 7) is 3.89. The first-order chi connectivity index (χ1) is 13.8. The summed E-state index contributed by atoms with van der Waals surface area (Å²) in [7, 11) is 0. The van der Waals surface area contributed by atoms with Gasteiger partial charge in [-0.3, -0.25) is 14.6 Å². The van der Waals surface area contributed by atoms with Gasteiger partial charge in [0.05, 0.1) is 24.5 Å². The van der Waals surface area contributed by atoms with Crippen LogP contribution in [-0.4, -0.2) is 31.7 Å². The highest BCUT2D eigenvalue weighted by atomic mass is 19.2. The molecule has 1 N–H and O–H groups in total. The van der Waals surface area contributed by atoms with Crippen molar-refractivity contribution in [1.29, 1.82) is 0 Å². The van der Waals surface area contributed by atoms with Crippen molar-refractivity contribution in [1.82, 2.24) is 25.1 Å². The van der Waals surface area contributed by atoms with E-state index in [0.717, 1.165) is 12.1 Å². The van der Waals surface area contributed by atoms with Crippen LogP contribution < -0.4 is 10.9 Å². The Morgan fingerprint density at radius 2 is 1.93 bits per heavy atom. The number of hydrogen-bond donors (Lipinski definition) is 1. The summed E-state index contributed by atoms with van der Waals surface area (Å²) in [6.07, 6.45) is 4.22. The molecule has 7 nitrogen and oxygen atoms in total. The van der Waals surface area contributed by atoms with Crippen LogP contribution in [0.25, 0.3) is 11.3 Å². The van der Waals surface area contributed by atoms with Crippen LogP contribution in [0, 0.1) is 17.6 Å². The molecule has 0 aliphatic rings. The summed E-state index contributed by atoms with van der Waals surface area (Å²) in [4.78, 5) is 32.5. The fraction of sp³-hybridized carbons (Fsp3) is 0.250. The first kappa shape index (κ1) is 20.2. The molecule has 150 valence electrons. The fourth-order valence-corrected chi connectivity index (χ4v) is 2.66. The molecule has 0 radical (unpaired) electrons. The van der Waals surface area contributed by atoms with Gasteiger partial charge in [-0.1, -0.05) is 13.8 Å². The van der Waals surface area contributed by atoms with Gasteiger partial charge in [-0.2, -0.15) is 5.10 Å². The average molecular weight is 399 g/mol. The number of hydrogen-bond acceptors (Lipinski definition) is 5. The van der Waals surface area contributed by atoms with Crippen LogP contribution in [0.3, 0.4) is 0 Å². The number of nitrogens with zero attached hydrogens (tertiary/aromatic N) is 4. The minimum Gasteiger partial charge on any atom is -0.346 e. The smallest absolute Gasteiger partial charge is 0.271 e. The van der Waals surface area contributed by atoms with Crippen LogP contribution in [0.1, 0.15) is 24.3 Å². The number of nitrogens with one attached hydrogen (secondary N) is 1. The van der Waals surface area contributed by atoms with Gasteiger partial charge in [0.25, 0.3) is 11.5 Å². The van der Waals surface area contributed by atoms with Crippen molar-refractivity contribution in [2.75, 3.05) is 0 Å². The molecule has 0 fully saturated rings. The predicted molar refractivity (Wildman–Crippen MR) is 102 cm³/mol. The lowest BCUT2D eigenvalue weighted by Crippen LogP contribution is -2.44. The second-order valence-corrected chi connectivity index (χ2v) is 6.78. The van der Waals surface area contributed by atoms with Crippen LogP contribution in [0.5, 0.6) is 0 Å². The van der Waals surface area contributed by atoms with E-state index in [-0.39, 0.29) is 23.7 Å². The lowest BCUT2D eigenvalue weighted by Gasteiger charge is -2.22. The van der Waals surface area contributed by atoms with Crippen LogP contribution in [0.2, 0.25) is 0 Å². The Hall–Kier alpha value is -3.49. The maximum absolute atomic E-state index is 13.5. The molecule has 3 rings (SSSR count). The molecule has 0 saturated heterocycles. The number of amides is 1. The van der Waals surface area contributed by atoms with Crippen molar-refractivity contribution in [3.63, 3.8) is 0 Å². The molecule has 2 heterocycles. The minimum atomic E-state index is -1.00. The monoisotopic (exact) mass is 399 g/mol. The van der Waals surface area contributed by atoms with Gasteiger partial charge in [0, 0.05) is 24.0 Å². The van der Waals surface area contributed by atoms with Crippen molar-refractivity contribution in [2.45, 2.75) is 26.4 Å². The topological polar surface area (TPSA) is 89.8 Å². The van der Waals surface area contributed by atoms with Gasteiger partial charge in [0.1, 0.15) is 5.69 Å². The molecular weight excluding hydrogens is 380 g/mol. The number of carbonyl (C=O) groups excluding carboxylic acids is 1. The molecule has 0 unspecified atom stereocenters. The molecule has 1 aromatic carbocycles. The number of halogens is 2. The second-order valence-electron chi connectivity index (χ2n) is 6.78. The van der Waals surface area contributed by atoms with Crippen molar-refractivity contribution in [2.24, 2.45) is 5.92 Å². The van der Waals surface area contributed by atoms with Gasteiger partial charge in [-0.05, 0) is 30.2 Å². The van der Waals surface area contributed by atoms with E-state index in [1.165, 1.54) is 41.5 Å². The van der Waals surface area contributed by atoms with Crippen LogP contribution in [-0.2, 0) is 6.54 Å². The largest absolute Gasteiger partial charge is 0.346 e. The van der Waals surface area contributed by atoms with E-state index in [4.69, 9.17) is 0 Å². The molecule has 0 aliphatic heterocycles. The van der Waals surface area contributed by atoms with E-state index >= 15 is 0 Å². The Morgan fingerprint density at radius 1 is 1.14 bits per heavy atom. The fourth-order valence-electron chi connectivity index (χ4n) is 2.66. The van der Waals surface area contributed by atoms with Crippen LogP contribution in [0.15, 0.2) is 53.7 Å². The Labute approximate surface area is 165 Å². The van der Waals surface area contributed by atoms with Crippen molar-refractivity contribution in [3.05, 3.63) is 76.6 Å². The van der Waals surface area contributed by atoms with Gasteiger partial charge in [-0.25, -0.2) is 18.4 Å². The molecule has 0 saturated carbocycles. The highest BCUT2D eigenvalue weighted by Gasteiger charge is 2.20. The van der Waals surface area contributed by atoms with Crippen molar-refractivity contribution < 1.29 is 13.6 Å². The van der Waals surface area contributed by atoms with Crippen molar-refractivity contribution >= 4 is 5.91 Å². The van der Waals surface area contributed by atoms with E-state index in [9.17, 15) is 18.4 Å². The first-order valence-electron chi connectivity index (χ1n) is 8.95. The number of benzene rings is 1. The third-order valence-corrected chi connectivity index (χ3v) is 4.37. The number of rotatable bonds is 6.